The lowest BCUT2D eigenvalue weighted by molar-refractivity contribution is -0.129. The molecule has 148 valence electrons. The number of nitrogens with one attached hydrogen (secondary N) is 3. The summed E-state index contributed by atoms with van der Waals surface area (Å²) in [6.07, 6.45) is 1.35. The van der Waals surface area contributed by atoms with Crippen molar-refractivity contribution in [2.75, 3.05) is 13.2 Å². The molecule has 29 heavy (non-hydrogen) atoms. The summed E-state index contributed by atoms with van der Waals surface area (Å²) in [5, 5.41) is 2.36. The fourth-order valence-electron chi connectivity index (χ4n) is 2.47. The molecule has 8 heteroatoms. The number of amides is 3. The second kappa shape index (κ2) is 9.75. The Labute approximate surface area is 166 Å². The third kappa shape index (κ3) is 5.70. The minimum absolute atomic E-state index is 0.0901. The van der Waals surface area contributed by atoms with E-state index in [1.165, 1.54) is 12.3 Å². The Bertz CT molecular complexity index is 971. The Balaban J connectivity index is 1.44. The molecule has 3 aromatic rings. The maximum Gasteiger partial charge on any atom is 0.287 e. The number of hydrazine groups is 1. The van der Waals surface area contributed by atoms with Gasteiger partial charge in [0.25, 0.3) is 17.7 Å². The molecule has 1 aromatic heterocycles. The van der Waals surface area contributed by atoms with Crippen molar-refractivity contribution in [2.45, 2.75) is 0 Å². The van der Waals surface area contributed by atoms with Crippen LogP contribution in [-0.4, -0.2) is 30.9 Å². The van der Waals surface area contributed by atoms with E-state index in [0.717, 1.165) is 11.1 Å². The molecule has 1 heterocycles. The van der Waals surface area contributed by atoms with Crippen molar-refractivity contribution in [3.8, 4) is 16.9 Å². The molecule has 2 aromatic carbocycles. The molecular weight excluding hydrogens is 374 g/mol. The van der Waals surface area contributed by atoms with Gasteiger partial charge >= 0.3 is 0 Å². The lowest BCUT2D eigenvalue weighted by Crippen LogP contribution is -2.47. The van der Waals surface area contributed by atoms with Gasteiger partial charge in [0.2, 0.25) is 0 Å². The number of para-hydroxylation sites is 1. The van der Waals surface area contributed by atoms with E-state index in [-0.39, 0.29) is 18.9 Å². The number of carbonyl (C=O) groups is 3. The minimum atomic E-state index is -0.594. The molecule has 0 aliphatic rings. The maximum atomic E-state index is 11.9. The van der Waals surface area contributed by atoms with Gasteiger partial charge in [-0.1, -0.05) is 48.5 Å². The highest BCUT2D eigenvalue weighted by Crippen LogP contribution is 2.29. The fraction of sp³-hybridized carbons (Fsp3) is 0.0952. The second-order valence-electron chi connectivity index (χ2n) is 5.91. The van der Waals surface area contributed by atoms with Crippen LogP contribution in [0.25, 0.3) is 11.1 Å². The Kier molecular flexibility index (Phi) is 6.62. The van der Waals surface area contributed by atoms with Gasteiger partial charge in [0.05, 0.1) is 12.8 Å². The summed E-state index contributed by atoms with van der Waals surface area (Å²) in [6, 6.07) is 20.0. The van der Waals surface area contributed by atoms with Crippen LogP contribution in [0.15, 0.2) is 77.4 Å². The molecule has 0 fully saturated rings. The van der Waals surface area contributed by atoms with E-state index in [1.54, 1.807) is 12.1 Å². The van der Waals surface area contributed by atoms with Crippen molar-refractivity contribution >= 4 is 17.7 Å². The summed E-state index contributed by atoms with van der Waals surface area (Å²) in [7, 11) is 0. The normalized spacial score (nSPS) is 10.1. The summed E-state index contributed by atoms with van der Waals surface area (Å²) >= 11 is 0. The number of ether oxygens (including phenoxy) is 1. The van der Waals surface area contributed by atoms with Crippen LogP contribution in [0.2, 0.25) is 0 Å². The molecule has 0 unspecified atom stereocenters. The number of carbonyl (C=O) groups excluding carboxylic acids is 3. The van der Waals surface area contributed by atoms with E-state index in [1.807, 2.05) is 48.5 Å². The number of hydrogen-bond acceptors (Lipinski definition) is 5. The average molecular weight is 393 g/mol. The Morgan fingerprint density at radius 3 is 2.31 bits per heavy atom. The summed E-state index contributed by atoms with van der Waals surface area (Å²) in [5.74, 6) is -1.03. The third-order valence-electron chi connectivity index (χ3n) is 3.83. The van der Waals surface area contributed by atoms with Gasteiger partial charge in [-0.05, 0) is 23.8 Å². The van der Waals surface area contributed by atoms with Crippen LogP contribution in [-0.2, 0) is 9.59 Å². The molecule has 0 aliphatic carbocycles. The molecule has 0 saturated carbocycles. The molecule has 3 rings (SSSR count). The zero-order chi connectivity index (χ0) is 20.5. The molecule has 0 aliphatic heterocycles. The number of furan rings is 1. The van der Waals surface area contributed by atoms with Crippen LogP contribution in [0.3, 0.4) is 0 Å². The maximum absolute atomic E-state index is 11.9. The molecule has 0 saturated heterocycles. The molecule has 0 radical (unpaired) electrons. The van der Waals surface area contributed by atoms with Gasteiger partial charge in [-0.15, -0.1) is 0 Å². The predicted molar refractivity (Wildman–Crippen MR) is 105 cm³/mol. The summed E-state index contributed by atoms with van der Waals surface area (Å²) in [6.45, 7) is -0.611. The van der Waals surface area contributed by atoms with Gasteiger partial charge in [-0.25, -0.2) is 0 Å². The standard InChI is InChI=1S/C21H19N3O5/c25-19(13-22-21(27)18-11-6-12-28-18)23-24-20(26)14-29-17-10-5-4-9-16(17)15-7-2-1-3-8-15/h1-12H,13-14H2,(H,22,27)(H,23,25)(H,24,26). The van der Waals surface area contributed by atoms with E-state index in [9.17, 15) is 14.4 Å². The fourth-order valence-corrected chi connectivity index (χ4v) is 2.47. The lowest BCUT2D eigenvalue weighted by atomic mass is 10.1. The lowest BCUT2D eigenvalue weighted by Gasteiger charge is -2.12. The van der Waals surface area contributed by atoms with Gasteiger partial charge < -0.3 is 14.5 Å². The molecule has 3 N–H and O–H groups in total. The van der Waals surface area contributed by atoms with Gasteiger partial charge in [-0.2, -0.15) is 0 Å². The SMILES string of the molecule is O=C(CNC(=O)c1ccco1)NNC(=O)COc1ccccc1-c1ccccc1. The van der Waals surface area contributed by atoms with Gasteiger partial charge in [0.15, 0.2) is 12.4 Å². The van der Waals surface area contributed by atoms with Gasteiger partial charge in [-0.3, -0.25) is 25.2 Å². The first-order valence-electron chi connectivity index (χ1n) is 8.80. The Hall–Kier alpha value is -4.07. The van der Waals surface area contributed by atoms with E-state index in [0.29, 0.717) is 5.75 Å². The highest BCUT2D eigenvalue weighted by atomic mass is 16.5. The van der Waals surface area contributed by atoms with E-state index in [4.69, 9.17) is 9.15 Å². The number of benzene rings is 2. The molecule has 0 bridgehead atoms. The van der Waals surface area contributed by atoms with E-state index >= 15 is 0 Å². The molecule has 3 amide bonds. The molecule has 8 nitrogen and oxygen atoms in total. The largest absolute Gasteiger partial charge is 0.483 e. The van der Waals surface area contributed by atoms with Crippen molar-refractivity contribution < 1.29 is 23.5 Å². The van der Waals surface area contributed by atoms with Gasteiger partial charge in [0, 0.05) is 5.56 Å². The average Bonchev–Trinajstić information content (AvgIpc) is 3.30. The van der Waals surface area contributed by atoms with Crippen LogP contribution in [0.4, 0.5) is 0 Å². The predicted octanol–water partition coefficient (Wildman–Crippen LogP) is 1.90. The van der Waals surface area contributed by atoms with Crippen molar-refractivity contribution in [3.05, 3.63) is 78.8 Å². The van der Waals surface area contributed by atoms with Crippen LogP contribution in [0.1, 0.15) is 10.6 Å². The minimum Gasteiger partial charge on any atom is -0.483 e. The smallest absolute Gasteiger partial charge is 0.287 e. The second-order valence-corrected chi connectivity index (χ2v) is 5.91. The molecule has 0 atom stereocenters. The van der Waals surface area contributed by atoms with Crippen molar-refractivity contribution in [3.63, 3.8) is 0 Å². The first-order valence-corrected chi connectivity index (χ1v) is 8.80. The topological polar surface area (TPSA) is 110 Å². The van der Waals surface area contributed by atoms with E-state index < -0.39 is 17.7 Å². The van der Waals surface area contributed by atoms with Gasteiger partial charge in [0.1, 0.15) is 5.75 Å². The summed E-state index contributed by atoms with van der Waals surface area (Å²) in [4.78, 5) is 35.3. The quantitative estimate of drug-likeness (QED) is 0.531. The van der Waals surface area contributed by atoms with Crippen molar-refractivity contribution in [1.29, 1.82) is 0 Å². The van der Waals surface area contributed by atoms with Crippen molar-refractivity contribution in [2.24, 2.45) is 0 Å². The number of rotatable bonds is 7. The Morgan fingerprint density at radius 2 is 1.55 bits per heavy atom. The van der Waals surface area contributed by atoms with Crippen LogP contribution in [0, 0.1) is 0 Å². The molecule has 0 spiro atoms. The zero-order valence-electron chi connectivity index (χ0n) is 15.4. The third-order valence-corrected chi connectivity index (χ3v) is 3.83. The highest BCUT2D eigenvalue weighted by Gasteiger charge is 2.12. The first kappa shape index (κ1) is 19.7. The van der Waals surface area contributed by atoms with E-state index in [2.05, 4.69) is 16.2 Å². The van der Waals surface area contributed by atoms with Crippen LogP contribution in [0.5, 0.6) is 5.75 Å². The van der Waals surface area contributed by atoms with Crippen LogP contribution < -0.4 is 20.9 Å². The summed E-state index contributed by atoms with van der Waals surface area (Å²) in [5.41, 5.74) is 6.25. The van der Waals surface area contributed by atoms with Crippen LogP contribution >= 0.6 is 0 Å². The summed E-state index contributed by atoms with van der Waals surface area (Å²) < 4.78 is 10.5. The Morgan fingerprint density at radius 1 is 0.828 bits per heavy atom. The molecular formula is C21H19N3O5. The highest BCUT2D eigenvalue weighted by molar-refractivity contribution is 5.94. The monoisotopic (exact) mass is 393 g/mol. The van der Waals surface area contributed by atoms with Crippen molar-refractivity contribution in [1.82, 2.24) is 16.2 Å². The number of hydrogen-bond donors (Lipinski definition) is 3. The first-order chi connectivity index (χ1) is 14.1. The zero-order valence-corrected chi connectivity index (χ0v) is 15.4.